The van der Waals surface area contributed by atoms with Gasteiger partial charge in [0.05, 0.1) is 27.7 Å². The van der Waals surface area contributed by atoms with E-state index >= 15 is 0 Å². The molecule has 0 rings (SSSR count). The molecule has 0 fully saturated rings. The van der Waals surface area contributed by atoms with Gasteiger partial charge in [0.15, 0.2) is 6.10 Å². The number of esters is 2. The van der Waals surface area contributed by atoms with E-state index in [1.165, 1.54) is 218 Å². The zero-order valence-corrected chi connectivity index (χ0v) is 67.9. The Bertz CT molecular complexity index is 2240. The molecule has 0 N–H and O–H groups in total. The van der Waals surface area contributed by atoms with Crippen molar-refractivity contribution in [2.24, 2.45) is 0 Å². The number of phosphoric ester groups is 1. The van der Waals surface area contributed by atoms with Crippen LogP contribution < -0.4 is 4.89 Å². The molecule has 0 radical (unpaired) electrons. The fourth-order valence-electron chi connectivity index (χ4n) is 11.9. The summed E-state index contributed by atoms with van der Waals surface area (Å²) in [4.78, 5) is 38.2. The maximum Gasteiger partial charge on any atom is 0.306 e. The van der Waals surface area contributed by atoms with E-state index in [-0.39, 0.29) is 32.0 Å². The van der Waals surface area contributed by atoms with E-state index in [1.807, 2.05) is 21.1 Å². The molecular formula is C92H160NO8P. The number of rotatable bonds is 78. The lowest BCUT2D eigenvalue weighted by Crippen LogP contribution is -2.37. The minimum absolute atomic E-state index is 0.0404. The third-order valence-corrected chi connectivity index (χ3v) is 19.3. The number of unbranched alkanes of at least 4 members (excludes halogenated alkanes) is 40. The van der Waals surface area contributed by atoms with E-state index in [0.29, 0.717) is 17.4 Å². The van der Waals surface area contributed by atoms with Crippen LogP contribution in [0.5, 0.6) is 0 Å². The van der Waals surface area contributed by atoms with Crippen molar-refractivity contribution in [3.05, 3.63) is 146 Å². The van der Waals surface area contributed by atoms with Gasteiger partial charge in [-0.1, -0.05) is 384 Å². The van der Waals surface area contributed by atoms with Gasteiger partial charge in [-0.15, -0.1) is 0 Å². The Labute approximate surface area is 631 Å². The first-order valence-corrected chi connectivity index (χ1v) is 44.0. The van der Waals surface area contributed by atoms with Gasteiger partial charge in [-0.25, -0.2) is 0 Å². The molecule has 102 heavy (non-hydrogen) atoms. The summed E-state index contributed by atoms with van der Waals surface area (Å²) >= 11 is 0. The fraction of sp³-hybridized carbons (Fsp3) is 0.717. The van der Waals surface area contributed by atoms with Gasteiger partial charge in [-0.2, -0.15) is 0 Å². The third-order valence-electron chi connectivity index (χ3n) is 18.3. The molecule has 0 bridgehead atoms. The molecule has 9 nitrogen and oxygen atoms in total. The number of hydrogen-bond donors (Lipinski definition) is 0. The zero-order chi connectivity index (χ0) is 74.0. The molecule has 586 valence electrons. The molecule has 2 atom stereocenters. The summed E-state index contributed by atoms with van der Waals surface area (Å²) in [6, 6.07) is 0. The van der Waals surface area contributed by atoms with Crippen molar-refractivity contribution in [1.82, 2.24) is 0 Å². The van der Waals surface area contributed by atoms with Gasteiger partial charge in [0.25, 0.3) is 7.82 Å². The van der Waals surface area contributed by atoms with Crippen LogP contribution in [-0.4, -0.2) is 70.0 Å². The standard InChI is InChI=1S/C92H160NO8P/c1-6-8-10-12-14-16-18-20-22-24-26-28-30-32-34-36-38-40-42-44-46-48-50-52-54-56-58-60-62-64-66-68-70-72-74-76-78-80-82-84-91(94)98-88-90(89-100-102(96,97)99-87-86-93(3,4)5)101-92(95)85-83-81-79-77-75-73-71-69-67-65-63-61-59-57-55-53-51-49-47-45-43-41-39-37-35-33-31-29-27-25-23-21-19-17-15-13-11-9-7-2/h9,11,15,17,21,23-24,26-27,29,33,35,39,41,45,47,51,53,57,59,63,65,69,71,90H,6-8,10,12-14,16,18-20,22,25,28,30-32,34,36-38,40,42-44,46,48-50,52,54-56,58,60-62,64,66-68,70,72-89H2,1-5H3/b11-9-,17-15-,23-21-,26-24-,29-27-,35-33-,41-39-,47-45-,53-51-,59-57-,65-63-,71-69-. The molecule has 0 amide bonds. The SMILES string of the molecule is CC/C=C\C/C=C\C/C=C\C/C=C\C/C=C\C/C=C\C/C=C\C/C=C\C/C=C\C/C=C\C/C=C\CCCCCCCC(=O)OC(COC(=O)CCCCCCCCCCCCCCCCCCCCCCCCCCCCC/C=C\CCCCCCCCCC)COP(=O)([O-])OCC[N+](C)(C)C. The van der Waals surface area contributed by atoms with Crippen LogP contribution in [0.3, 0.4) is 0 Å². The lowest BCUT2D eigenvalue weighted by Gasteiger charge is -2.28. The highest BCUT2D eigenvalue weighted by Gasteiger charge is 2.22. The largest absolute Gasteiger partial charge is 0.756 e. The molecule has 0 aromatic heterocycles. The monoisotopic (exact) mass is 1440 g/mol. The lowest BCUT2D eigenvalue weighted by atomic mass is 10.0. The van der Waals surface area contributed by atoms with Gasteiger partial charge < -0.3 is 27.9 Å². The van der Waals surface area contributed by atoms with Gasteiger partial charge in [-0.05, 0) is 122 Å². The summed E-state index contributed by atoms with van der Waals surface area (Å²) in [5.74, 6) is -0.850. The molecule has 0 aromatic rings. The molecule has 0 aliphatic rings. The van der Waals surface area contributed by atoms with Crippen molar-refractivity contribution in [3.63, 3.8) is 0 Å². The zero-order valence-electron chi connectivity index (χ0n) is 67.0. The number of ether oxygens (including phenoxy) is 2. The first kappa shape index (κ1) is 97.9. The van der Waals surface area contributed by atoms with E-state index < -0.39 is 26.5 Å². The van der Waals surface area contributed by atoms with Crippen LogP contribution >= 0.6 is 7.82 Å². The highest BCUT2D eigenvalue weighted by Crippen LogP contribution is 2.38. The molecule has 0 heterocycles. The number of phosphoric acid groups is 1. The second-order valence-corrected chi connectivity index (χ2v) is 30.9. The maximum absolute atomic E-state index is 12.9. The first-order valence-electron chi connectivity index (χ1n) is 42.5. The van der Waals surface area contributed by atoms with Crippen molar-refractivity contribution < 1.29 is 42.1 Å². The van der Waals surface area contributed by atoms with Crippen LogP contribution in [0.15, 0.2) is 146 Å². The highest BCUT2D eigenvalue weighted by atomic mass is 31.2. The van der Waals surface area contributed by atoms with Crippen molar-refractivity contribution in [3.8, 4) is 0 Å². The Morgan fingerprint density at radius 2 is 0.559 bits per heavy atom. The van der Waals surface area contributed by atoms with Crippen LogP contribution in [-0.2, 0) is 32.7 Å². The second kappa shape index (κ2) is 81.0. The number of quaternary nitrogens is 1. The molecule has 0 saturated heterocycles. The molecular weight excluding hydrogens is 1280 g/mol. The van der Waals surface area contributed by atoms with Crippen molar-refractivity contribution in [2.45, 2.75) is 380 Å². The summed E-state index contributed by atoms with van der Waals surface area (Å²) in [6.45, 7) is 4.13. The number of nitrogens with zero attached hydrogens (tertiary/aromatic N) is 1. The molecule has 0 aromatic carbocycles. The minimum atomic E-state index is -4.66. The topological polar surface area (TPSA) is 111 Å². The normalized spacial score (nSPS) is 13.7. The van der Waals surface area contributed by atoms with Crippen LogP contribution in [0, 0.1) is 0 Å². The summed E-state index contributed by atoms with van der Waals surface area (Å²) in [5, 5.41) is 0. The third kappa shape index (κ3) is 84.8. The van der Waals surface area contributed by atoms with Gasteiger partial charge in [0, 0.05) is 12.8 Å². The molecule has 0 spiro atoms. The molecule has 0 aliphatic carbocycles. The smallest absolute Gasteiger partial charge is 0.306 e. The Balaban J connectivity index is 4.01. The summed E-state index contributed by atoms with van der Waals surface area (Å²) in [5.41, 5.74) is 0. The average Bonchev–Trinajstić information content (AvgIpc) is 0.914. The molecule has 0 aliphatic heterocycles. The molecule has 10 heteroatoms. The Morgan fingerprint density at radius 3 is 0.843 bits per heavy atom. The Kier molecular flexibility index (Phi) is 77.7. The Hall–Kier alpha value is -4.11. The van der Waals surface area contributed by atoms with E-state index in [2.05, 4.69) is 160 Å². The van der Waals surface area contributed by atoms with Crippen molar-refractivity contribution >= 4 is 19.8 Å². The predicted molar refractivity (Wildman–Crippen MR) is 443 cm³/mol. The predicted octanol–water partition coefficient (Wildman–Crippen LogP) is 28.2. The number of likely N-dealkylation sites (N-methyl/N-ethyl adjacent to an activating group) is 1. The average molecular weight is 1440 g/mol. The summed E-state index contributed by atoms with van der Waals surface area (Å²) < 4.78 is 34.4. The maximum atomic E-state index is 12.9. The van der Waals surface area contributed by atoms with Gasteiger partial charge >= 0.3 is 11.9 Å². The van der Waals surface area contributed by atoms with E-state index in [1.54, 1.807) is 0 Å². The van der Waals surface area contributed by atoms with Crippen LogP contribution in [0.1, 0.15) is 373 Å². The quantitative estimate of drug-likeness (QED) is 0.0195. The highest BCUT2D eigenvalue weighted by molar-refractivity contribution is 7.45. The van der Waals surface area contributed by atoms with Gasteiger partial charge in [0.2, 0.25) is 0 Å². The Morgan fingerprint density at radius 1 is 0.314 bits per heavy atom. The number of carbonyl (C=O) groups is 2. The lowest BCUT2D eigenvalue weighted by molar-refractivity contribution is -0.870. The van der Waals surface area contributed by atoms with Crippen LogP contribution in [0.25, 0.3) is 0 Å². The second-order valence-electron chi connectivity index (χ2n) is 29.5. The number of carbonyl (C=O) groups excluding carboxylic acids is 2. The van der Waals surface area contributed by atoms with Gasteiger partial charge in [0.1, 0.15) is 19.8 Å². The van der Waals surface area contributed by atoms with Gasteiger partial charge in [-0.3, -0.25) is 14.2 Å². The van der Waals surface area contributed by atoms with E-state index in [4.69, 9.17) is 18.5 Å². The van der Waals surface area contributed by atoms with Crippen LogP contribution in [0.4, 0.5) is 0 Å². The minimum Gasteiger partial charge on any atom is -0.756 e. The van der Waals surface area contributed by atoms with E-state index in [9.17, 15) is 19.0 Å². The molecule has 0 saturated carbocycles. The summed E-state index contributed by atoms with van der Waals surface area (Å²) in [7, 11) is 1.15. The van der Waals surface area contributed by atoms with Crippen LogP contribution in [0.2, 0.25) is 0 Å². The fourth-order valence-corrected chi connectivity index (χ4v) is 12.6. The van der Waals surface area contributed by atoms with Crippen molar-refractivity contribution in [1.29, 1.82) is 0 Å². The van der Waals surface area contributed by atoms with E-state index in [0.717, 1.165) is 122 Å². The van der Waals surface area contributed by atoms with Crippen molar-refractivity contribution in [2.75, 3.05) is 47.5 Å². The number of hydrogen-bond acceptors (Lipinski definition) is 8. The number of allylic oxidation sites excluding steroid dienone is 24. The first-order chi connectivity index (χ1) is 50.0. The summed E-state index contributed by atoms with van der Waals surface area (Å²) in [6.07, 6.45) is 120. The molecule has 2 unspecified atom stereocenters.